The Balaban J connectivity index is 1.76. The number of ether oxygens (including phenoxy) is 1. The fourth-order valence-corrected chi connectivity index (χ4v) is 2.10. The highest BCUT2D eigenvalue weighted by Gasteiger charge is 2.09. The van der Waals surface area contributed by atoms with Crippen LogP contribution in [0.1, 0.15) is 38.4 Å². The average Bonchev–Trinajstić information content (AvgIpc) is 2.94. The molecule has 7 heteroatoms. The second kappa shape index (κ2) is 8.87. The topological polar surface area (TPSA) is 81.9 Å². The van der Waals surface area contributed by atoms with Crippen LogP contribution in [0.25, 0.3) is 0 Å². The standard InChI is InChI=1S/C16H23N5O2/c1-3-4-5-6-11-23-14-9-7-13(8-10-14)17-16(22)12-15-18-19-20-21(15)2/h7-10H,3-6,11-12H2,1-2H3,(H,17,22). The Kier molecular flexibility index (Phi) is 6.53. The van der Waals surface area contributed by atoms with E-state index in [0.29, 0.717) is 5.82 Å². The highest BCUT2D eigenvalue weighted by molar-refractivity contribution is 5.91. The largest absolute Gasteiger partial charge is 0.494 e. The minimum Gasteiger partial charge on any atom is -0.494 e. The van der Waals surface area contributed by atoms with Crippen LogP contribution >= 0.6 is 0 Å². The zero-order chi connectivity index (χ0) is 16.5. The van der Waals surface area contributed by atoms with Gasteiger partial charge in [-0.05, 0) is 41.1 Å². The molecule has 1 aromatic carbocycles. The van der Waals surface area contributed by atoms with Crippen molar-refractivity contribution in [3.05, 3.63) is 30.1 Å². The first-order valence-electron chi connectivity index (χ1n) is 7.93. The number of rotatable bonds is 9. The number of hydrogen-bond donors (Lipinski definition) is 1. The Morgan fingerprint density at radius 1 is 1.22 bits per heavy atom. The van der Waals surface area contributed by atoms with E-state index in [9.17, 15) is 4.79 Å². The number of anilines is 1. The van der Waals surface area contributed by atoms with Crippen LogP contribution in [0.2, 0.25) is 0 Å². The van der Waals surface area contributed by atoms with Crippen molar-refractivity contribution >= 4 is 11.6 Å². The van der Waals surface area contributed by atoms with Crippen LogP contribution < -0.4 is 10.1 Å². The number of hydrogen-bond acceptors (Lipinski definition) is 5. The van der Waals surface area contributed by atoms with Crippen molar-refractivity contribution < 1.29 is 9.53 Å². The molecule has 0 atom stereocenters. The van der Waals surface area contributed by atoms with Gasteiger partial charge in [0.2, 0.25) is 5.91 Å². The molecule has 0 aliphatic carbocycles. The minimum absolute atomic E-state index is 0.138. The van der Waals surface area contributed by atoms with Crippen LogP contribution in [0.5, 0.6) is 5.75 Å². The monoisotopic (exact) mass is 317 g/mol. The summed E-state index contributed by atoms with van der Waals surface area (Å²) in [5, 5.41) is 13.8. The molecule has 0 aliphatic rings. The number of unbranched alkanes of at least 4 members (excludes halogenated alkanes) is 3. The first-order chi connectivity index (χ1) is 11.2. The summed E-state index contributed by atoms with van der Waals surface area (Å²) >= 11 is 0. The average molecular weight is 317 g/mol. The van der Waals surface area contributed by atoms with E-state index in [4.69, 9.17) is 4.74 Å². The molecule has 2 aromatic rings. The van der Waals surface area contributed by atoms with Gasteiger partial charge in [0.1, 0.15) is 5.75 Å². The molecule has 2 rings (SSSR count). The van der Waals surface area contributed by atoms with Gasteiger partial charge < -0.3 is 10.1 Å². The molecule has 0 bridgehead atoms. The lowest BCUT2D eigenvalue weighted by atomic mass is 10.2. The number of nitrogens with zero attached hydrogens (tertiary/aromatic N) is 4. The number of nitrogens with one attached hydrogen (secondary N) is 1. The van der Waals surface area contributed by atoms with Crippen molar-refractivity contribution in [3.8, 4) is 5.75 Å². The van der Waals surface area contributed by atoms with Crippen molar-refractivity contribution in [1.82, 2.24) is 20.2 Å². The van der Waals surface area contributed by atoms with Crippen LogP contribution in [-0.4, -0.2) is 32.7 Å². The fourth-order valence-electron chi connectivity index (χ4n) is 2.10. The lowest BCUT2D eigenvalue weighted by Gasteiger charge is -2.08. The SMILES string of the molecule is CCCCCCOc1ccc(NC(=O)Cc2nnnn2C)cc1. The highest BCUT2D eigenvalue weighted by atomic mass is 16.5. The molecule has 1 amide bonds. The summed E-state index contributed by atoms with van der Waals surface area (Å²) in [6.45, 7) is 2.92. The van der Waals surface area contributed by atoms with Gasteiger partial charge in [0, 0.05) is 12.7 Å². The van der Waals surface area contributed by atoms with E-state index in [1.807, 2.05) is 24.3 Å². The Labute approximate surface area is 136 Å². The molecule has 0 saturated carbocycles. The van der Waals surface area contributed by atoms with Crippen molar-refractivity contribution in [2.45, 2.75) is 39.0 Å². The first kappa shape index (κ1) is 16.9. The highest BCUT2D eigenvalue weighted by Crippen LogP contribution is 2.16. The summed E-state index contributed by atoms with van der Waals surface area (Å²) in [5.74, 6) is 1.18. The zero-order valence-corrected chi connectivity index (χ0v) is 13.7. The molecule has 1 aromatic heterocycles. The molecule has 0 spiro atoms. The van der Waals surface area contributed by atoms with Gasteiger partial charge in [-0.2, -0.15) is 0 Å². The molecule has 0 saturated heterocycles. The van der Waals surface area contributed by atoms with Crippen molar-refractivity contribution in [2.75, 3.05) is 11.9 Å². The number of amides is 1. The molecule has 1 N–H and O–H groups in total. The number of tetrazole rings is 1. The third-order valence-electron chi connectivity index (χ3n) is 3.43. The number of aryl methyl sites for hydroxylation is 1. The summed E-state index contributed by atoms with van der Waals surface area (Å²) in [6, 6.07) is 7.38. The normalized spacial score (nSPS) is 10.5. The van der Waals surface area contributed by atoms with E-state index >= 15 is 0 Å². The van der Waals surface area contributed by atoms with Gasteiger partial charge in [-0.25, -0.2) is 4.68 Å². The number of carbonyl (C=O) groups is 1. The third kappa shape index (κ3) is 5.69. The van der Waals surface area contributed by atoms with E-state index in [1.54, 1.807) is 7.05 Å². The van der Waals surface area contributed by atoms with Crippen LogP contribution in [0.15, 0.2) is 24.3 Å². The van der Waals surface area contributed by atoms with Gasteiger partial charge in [-0.3, -0.25) is 4.79 Å². The molecule has 0 aliphatic heterocycles. The molecule has 1 heterocycles. The lowest BCUT2D eigenvalue weighted by molar-refractivity contribution is -0.115. The van der Waals surface area contributed by atoms with Crippen LogP contribution in [0.4, 0.5) is 5.69 Å². The van der Waals surface area contributed by atoms with E-state index < -0.39 is 0 Å². The number of benzene rings is 1. The van der Waals surface area contributed by atoms with Crippen LogP contribution in [0.3, 0.4) is 0 Å². The van der Waals surface area contributed by atoms with Gasteiger partial charge in [0.25, 0.3) is 0 Å². The van der Waals surface area contributed by atoms with Gasteiger partial charge in [-0.1, -0.05) is 26.2 Å². The maximum Gasteiger partial charge on any atom is 0.232 e. The lowest BCUT2D eigenvalue weighted by Crippen LogP contribution is -2.17. The van der Waals surface area contributed by atoms with Crippen LogP contribution in [0, 0.1) is 0 Å². The number of carbonyl (C=O) groups excluding carboxylic acids is 1. The summed E-state index contributed by atoms with van der Waals surface area (Å²) in [7, 11) is 1.70. The predicted octanol–water partition coefficient (Wildman–Crippen LogP) is 2.35. The van der Waals surface area contributed by atoms with E-state index in [1.165, 1.54) is 23.9 Å². The molecular weight excluding hydrogens is 294 g/mol. The van der Waals surface area contributed by atoms with Gasteiger partial charge in [-0.15, -0.1) is 5.10 Å². The fraction of sp³-hybridized carbons (Fsp3) is 0.500. The Morgan fingerprint density at radius 2 is 2.00 bits per heavy atom. The second-order valence-electron chi connectivity index (χ2n) is 5.38. The summed E-state index contributed by atoms with van der Waals surface area (Å²) in [6.07, 6.45) is 4.87. The maximum absolute atomic E-state index is 11.9. The molecule has 0 fully saturated rings. The second-order valence-corrected chi connectivity index (χ2v) is 5.38. The smallest absolute Gasteiger partial charge is 0.232 e. The van der Waals surface area contributed by atoms with Gasteiger partial charge in [0.05, 0.1) is 13.0 Å². The molecule has 0 unspecified atom stereocenters. The molecule has 7 nitrogen and oxygen atoms in total. The van der Waals surface area contributed by atoms with Crippen molar-refractivity contribution in [1.29, 1.82) is 0 Å². The van der Waals surface area contributed by atoms with Gasteiger partial charge >= 0.3 is 0 Å². The number of aromatic nitrogens is 4. The van der Waals surface area contributed by atoms with E-state index in [0.717, 1.165) is 24.5 Å². The molecule has 23 heavy (non-hydrogen) atoms. The van der Waals surface area contributed by atoms with Crippen molar-refractivity contribution in [2.24, 2.45) is 7.05 Å². The third-order valence-corrected chi connectivity index (χ3v) is 3.43. The maximum atomic E-state index is 11.9. The Morgan fingerprint density at radius 3 is 2.65 bits per heavy atom. The summed E-state index contributed by atoms with van der Waals surface area (Å²) < 4.78 is 7.15. The molecule has 0 radical (unpaired) electrons. The quantitative estimate of drug-likeness (QED) is 0.718. The van der Waals surface area contributed by atoms with E-state index in [-0.39, 0.29) is 12.3 Å². The summed E-state index contributed by atoms with van der Waals surface area (Å²) in [5.41, 5.74) is 0.725. The minimum atomic E-state index is -0.156. The Bertz CT molecular complexity index is 609. The summed E-state index contributed by atoms with van der Waals surface area (Å²) in [4.78, 5) is 11.9. The van der Waals surface area contributed by atoms with Crippen molar-refractivity contribution in [3.63, 3.8) is 0 Å². The predicted molar refractivity (Wildman–Crippen MR) is 87.2 cm³/mol. The molecule has 124 valence electrons. The van der Waals surface area contributed by atoms with E-state index in [2.05, 4.69) is 27.8 Å². The zero-order valence-electron chi connectivity index (χ0n) is 13.7. The molecular formula is C16H23N5O2. The first-order valence-corrected chi connectivity index (χ1v) is 7.93. The Hall–Kier alpha value is -2.44. The van der Waals surface area contributed by atoms with Crippen LogP contribution in [-0.2, 0) is 18.3 Å². The van der Waals surface area contributed by atoms with Gasteiger partial charge in [0.15, 0.2) is 5.82 Å².